The van der Waals surface area contributed by atoms with Crippen LogP contribution in [0.4, 0.5) is 0 Å². The van der Waals surface area contributed by atoms with E-state index in [-0.39, 0.29) is 23.8 Å². The van der Waals surface area contributed by atoms with Gasteiger partial charge in [-0.15, -0.1) is 0 Å². The number of nitrogens with zero attached hydrogens (tertiary/aromatic N) is 2. The molecule has 2 aliphatic rings. The van der Waals surface area contributed by atoms with E-state index in [1.54, 1.807) is 18.2 Å². The standard InChI is InChI=1S/C24H26N2O3/c1-2-3-13-26-23(28)20-12-11-18(16-21(20)24(26)29)22(27)25-14-7-10-19(25)15-17-8-5-4-6-9-17/h4-6,8-9,11-12,16,19H,2-3,7,10,13-15H2,1H3. The molecular weight excluding hydrogens is 364 g/mol. The molecule has 1 fully saturated rings. The number of fused-ring (bicyclic) bond motifs is 1. The molecule has 2 aromatic carbocycles. The van der Waals surface area contributed by atoms with Crippen molar-refractivity contribution >= 4 is 17.7 Å². The summed E-state index contributed by atoms with van der Waals surface area (Å²) in [5, 5.41) is 0. The summed E-state index contributed by atoms with van der Waals surface area (Å²) in [7, 11) is 0. The van der Waals surface area contributed by atoms with E-state index in [4.69, 9.17) is 0 Å². The van der Waals surface area contributed by atoms with Gasteiger partial charge in [-0.25, -0.2) is 0 Å². The molecule has 2 aromatic rings. The quantitative estimate of drug-likeness (QED) is 0.702. The summed E-state index contributed by atoms with van der Waals surface area (Å²) in [4.78, 5) is 41.6. The predicted octanol–water partition coefficient (Wildman–Crippen LogP) is 3.93. The Morgan fingerprint density at radius 3 is 2.55 bits per heavy atom. The van der Waals surface area contributed by atoms with E-state index in [9.17, 15) is 14.4 Å². The molecule has 1 unspecified atom stereocenters. The van der Waals surface area contributed by atoms with Gasteiger partial charge in [0.1, 0.15) is 0 Å². The Morgan fingerprint density at radius 2 is 1.79 bits per heavy atom. The van der Waals surface area contributed by atoms with Crippen LogP contribution < -0.4 is 0 Å². The average Bonchev–Trinajstić information content (AvgIpc) is 3.29. The smallest absolute Gasteiger partial charge is 0.261 e. The van der Waals surface area contributed by atoms with Crippen molar-refractivity contribution in [2.45, 2.75) is 45.1 Å². The fourth-order valence-corrected chi connectivity index (χ4v) is 4.31. The number of rotatable bonds is 6. The molecule has 3 amide bonds. The second-order valence-corrected chi connectivity index (χ2v) is 7.86. The summed E-state index contributed by atoms with van der Waals surface area (Å²) < 4.78 is 0. The summed E-state index contributed by atoms with van der Waals surface area (Å²) in [5.41, 5.74) is 2.47. The maximum atomic E-state index is 13.2. The minimum absolute atomic E-state index is 0.0570. The fourth-order valence-electron chi connectivity index (χ4n) is 4.31. The monoisotopic (exact) mass is 390 g/mol. The predicted molar refractivity (Wildman–Crippen MR) is 111 cm³/mol. The van der Waals surface area contributed by atoms with E-state index >= 15 is 0 Å². The highest BCUT2D eigenvalue weighted by Gasteiger charge is 2.36. The largest absolute Gasteiger partial charge is 0.335 e. The summed E-state index contributed by atoms with van der Waals surface area (Å²) in [5.74, 6) is -0.588. The van der Waals surface area contributed by atoms with Gasteiger partial charge in [-0.1, -0.05) is 43.7 Å². The van der Waals surface area contributed by atoms with Gasteiger partial charge in [0.15, 0.2) is 0 Å². The molecule has 2 aliphatic heterocycles. The van der Waals surface area contributed by atoms with Gasteiger partial charge in [0, 0.05) is 24.7 Å². The van der Waals surface area contributed by atoms with Crippen molar-refractivity contribution in [3.63, 3.8) is 0 Å². The summed E-state index contributed by atoms with van der Waals surface area (Å²) in [6, 6.07) is 15.3. The van der Waals surface area contributed by atoms with Crippen LogP contribution in [0.5, 0.6) is 0 Å². The van der Waals surface area contributed by atoms with E-state index < -0.39 is 0 Å². The van der Waals surface area contributed by atoms with Gasteiger partial charge in [0.2, 0.25) is 0 Å². The van der Waals surface area contributed by atoms with Crippen molar-refractivity contribution in [3.05, 3.63) is 70.8 Å². The van der Waals surface area contributed by atoms with Crippen molar-refractivity contribution in [1.82, 2.24) is 9.80 Å². The third kappa shape index (κ3) is 3.69. The number of amides is 3. The molecule has 0 N–H and O–H groups in total. The Labute approximate surface area is 171 Å². The van der Waals surface area contributed by atoms with Crippen LogP contribution in [0.3, 0.4) is 0 Å². The zero-order chi connectivity index (χ0) is 20.4. The van der Waals surface area contributed by atoms with Crippen LogP contribution in [0.2, 0.25) is 0 Å². The first-order valence-electron chi connectivity index (χ1n) is 10.4. The van der Waals surface area contributed by atoms with Gasteiger partial charge in [-0.05, 0) is 49.4 Å². The highest BCUT2D eigenvalue weighted by Crippen LogP contribution is 2.27. The first kappa shape index (κ1) is 19.4. The first-order valence-corrected chi connectivity index (χ1v) is 10.4. The number of carbonyl (C=O) groups excluding carboxylic acids is 3. The summed E-state index contributed by atoms with van der Waals surface area (Å²) >= 11 is 0. The second kappa shape index (κ2) is 8.19. The molecule has 1 saturated heterocycles. The number of unbranched alkanes of at least 4 members (excludes halogenated alkanes) is 1. The molecule has 0 saturated carbocycles. The third-order valence-electron chi connectivity index (χ3n) is 5.91. The molecule has 0 bridgehead atoms. The third-order valence-corrected chi connectivity index (χ3v) is 5.91. The van der Waals surface area contributed by atoms with Crippen molar-refractivity contribution in [3.8, 4) is 0 Å². The van der Waals surface area contributed by atoms with Crippen molar-refractivity contribution in [1.29, 1.82) is 0 Å². The van der Waals surface area contributed by atoms with Crippen LogP contribution in [0, 0.1) is 0 Å². The van der Waals surface area contributed by atoms with E-state index in [2.05, 4.69) is 12.1 Å². The fraction of sp³-hybridized carbons (Fsp3) is 0.375. The SMILES string of the molecule is CCCCN1C(=O)c2ccc(C(=O)N3CCCC3Cc3ccccc3)cc2C1=O. The first-order chi connectivity index (χ1) is 14.1. The minimum Gasteiger partial charge on any atom is -0.335 e. The van der Waals surface area contributed by atoms with Crippen molar-refractivity contribution in [2.24, 2.45) is 0 Å². The molecule has 29 heavy (non-hydrogen) atoms. The van der Waals surface area contributed by atoms with E-state index in [1.807, 2.05) is 30.0 Å². The highest BCUT2D eigenvalue weighted by molar-refractivity contribution is 6.22. The van der Waals surface area contributed by atoms with Gasteiger partial charge >= 0.3 is 0 Å². The molecular formula is C24H26N2O3. The van der Waals surface area contributed by atoms with Crippen LogP contribution in [0.1, 0.15) is 69.2 Å². The van der Waals surface area contributed by atoms with Crippen LogP contribution in [-0.4, -0.2) is 46.7 Å². The molecule has 1 atom stereocenters. The topological polar surface area (TPSA) is 57.7 Å². The minimum atomic E-state index is -0.282. The van der Waals surface area contributed by atoms with Crippen molar-refractivity contribution < 1.29 is 14.4 Å². The number of likely N-dealkylation sites (tertiary alicyclic amines) is 1. The molecule has 2 heterocycles. The van der Waals surface area contributed by atoms with Crippen molar-refractivity contribution in [2.75, 3.05) is 13.1 Å². The number of carbonyl (C=O) groups is 3. The molecule has 150 valence electrons. The molecule has 5 heteroatoms. The lowest BCUT2D eigenvalue weighted by molar-refractivity contribution is 0.0651. The number of hydrogen-bond acceptors (Lipinski definition) is 3. The van der Waals surface area contributed by atoms with Gasteiger partial charge < -0.3 is 4.90 Å². The Bertz CT molecular complexity index is 938. The zero-order valence-corrected chi connectivity index (χ0v) is 16.8. The van der Waals surface area contributed by atoms with E-state index in [0.717, 1.165) is 38.6 Å². The number of hydrogen-bond donors (Lipinski definition) is 0. The Hall–Kier alpha value is -2.95. The Morgan fingerprint density at radius 1 is 1.03 bits per heavy atom. The van der Waals surface area contributed by atoms with Gasteiger partial charge in [-0.2, -0.15) is 0 Å². The van der Waals surface area contributed by atoms with E-state index in [0.29, 0.717) is 23.2 Å². The normalized spacial score (nSPS) is 18.4. The second-order valence-electron chi connectivity index (χ2n) is 7.86. The molecule has 0 radical (unpaired) electrons. The molecule has 4 rings (SSSR count). The van der Waals surface area contributed by atoms with Gasteiger partial charge in [0.25, 0.3) is 17.7 Å². The lowest BCUT2D eigenvalue weighted by Gasteiger charge is -2.25. The Balaban J connectivity index is 1.54. The van der Waals surface area contributed by atoms with E-state index in [1.165, 1.54) is 10.5 Å². The summed E-state index contributed by atoms with van der Waals surface area (Å²) in [6.45, 7) is 3.18. The number of imide groups is 1. The highest BCUT2D eigenvalue weighted by atomic mass is 16.2. The number of benzene rings is 2. The average molecular weight is 390 g/mol. The van der Waals surface area contributed by atoms with Gasteiger partial charge in [0.05, 0.1) is 11.1 Å². The molecule has 0 aliphatic carbocycles. The van der Waals surface area contributed by atoms with Crippen LogP contribution in [-0.2, 0) is 6.42 Å². The lowest BCUT2D eigenvalue weighted by atomic mass is 10.0. The van der Waals surface area contributed by atoms with Crippen LogP contribution in [0.25, 0.3) is 0 Å². The molecule has 0 aromatic heterocycles. The lowest BCUT2D eigenvalue weighted by Crippen LogP contribution is -2.36. The molecule has 5 nitrogen and oxygen atoms in total. The van der Waals surface area contributed by atoms with Gasteiger partial charge in [-0.3, -0.25) is 19.3 Å². The summed E-state index contributed by atoms with van der Waals surface area (Å²) in [6.07, 6.45) is 4.49. The maximum Gasteiger partial charge on any atom is 0.261 e. The zero-order valence-electron chi connectivity index (χ0n) is 16.8. The maximum absolute atomic E-state index is 13.2. The Kier molecular flexibility index (Phi) is 5.47. The van der Waals surface area contributed by atoms with Crippen LogP contribution >= 0.6 is 0 Å². The van der Waals surface area contributed by atoms with Crippen LogP contribution in [0.15, 0.2) is 48.5 Å². The molecule has 0 spiro atoms.